The molecule has 0 aliphatic carbocycles. The van der Waals surface area contributed by atoms with E-state index in [-0.39, 0.29) is 24.8 Å². The summed E-state index contributed by atoms with van der Waals surface area (Å²) in [6.45, 7) is 6.37. The molecular weight excluding hydrogens is 399 g/mol. The van der Waals surface area contributed by atoms with E-state index in [0.29, 0.717) is 17.9 Å². The number of piperazine rings is 1. The first kappa shape index (κ1) is 21.8. The summed E-state index contributed by atoms with van der Waals surface area (Å²) in [5, 5.41) is 17.1. The van der Waals surface area contributed by atoms with Gasteiger partial charge in [-0.2, -0.15) is 10.4 Å². The van der Waals surface area contributed by atoms with Crippen LogP contribution < -0.4 is 15.0 Å². The number of fused-ring (bicyclic) bond motifs is 1. The summed E-state index contributed by atoms with van der Waals surface area (Å²) in [7, 11) is 0. The van der Waals surface area contributed by atoms with E-state index in [4.69, 9.17) is 4.74 Å². The summed E-state index contributed by atoms with van der Waals surface area (Å²) in [6, 6.07) is 8.24. The van der Waals surface area contributed by atoms with Gasteiger partial charge in [0.1, 0.15) is 17.6 Å². The zero-order valence-corrected chi connectivity index (χ0v) is 17.1. The highest BCUT2D eigenvalue weighted by Crippen LogP contribution is 2.31. The van der Waals surface area contributed by atoms with Crippen LogP contribution in [0.1, 0.15) is 12.5 Å². The number of aromatic nitrogens is 3. The number of nitrogens with one attached hydrogen (secondary N) is 1. The van der Waals surface area contributed by atoms with Crippen molar-refractivity contribution in [3.63, 3.8) is 0 Å². The van der Waals surface area contributed by atoms with Gasteiger partial charge in [-0.1, -0.05) is 0 Å². The normalized spacial score (nSPS) is 13.4. The average Bonchev–Trinajstić information content (AvgIpc) is 3.11. The SMILES string of the molecule is CCOc1cc(-c2ccc(N3CCNCC3)nc2)c2c(C#N)cnn2c1.Cl.Cl. The molecule has 7 nitrogen and oxygen atoms in total. The molecule has 0 unspecified atom stereocenters. The van der Waals surface area contributed by atoms with Gasteiger partial charge in [0.05, 0.1) is 30.1 Å². The van der Waals surface area contributed by atoms with Gasteiger partial charge in [0, 0.05) is 43.5 Å². The Hall–Kier alpha value is -2.53. The third-order valence-corrected chi connectivity index (χ3v) is 4.52. The van der Waals surface area contributed by atoms with Crippen LogP contribution in [0.15, 0.2) is 36.8 Å². The summed E-state index contributed by atoms with van der Waals surface area (Å²) in [5.41, 5.74) is 3.14. The zero-order valence-electron chi connectivity index (χ0n) is 15.5. The smallest absolute Gasteiger partial charge is 0.138 e. The predicted octanol–water partition coefficient (Wildman–Crippen LogP) is 2.92. The molecule has 0 radical (unpaired) electrons. The van der Waals surface area contributed by atoms with Crippen LogP contribution in [0.25, 0.3) is 16.6 Å². The lowest BCUT2D eigenvalue weighted by atomic mass is 10.1. The third kappa shape index (κ3) is 4.14. The van der Waals surface area contributed by atoms with Crippen molar-refractivity contribution in [3.8, 4) is 22.9 Å². The lowest BCUT2D eigenvalue weighted by Crippen LogP contribution is -2.43. The van der Waals surface area contributed by atoms with Gasteiger partial charge in [-0.3, -0.25) is 0 Å². The van der Waals surface area contributed by atoms with Crippen molar-refractivity contribution in [1.82, 2.24) is 19.9 Å². The number of pyridine rings is 2. The van der Waals surface area contributed by atoms with Crippen LogP contribution in [0, 0.1) is 11.3 Å². The summed E-state index contributed by atoms with van der Waals surface area (Å²) >= 11 is 0. The molecule has 0 spiro atoms. The number of nitriles is 1. The molecule has 0 atom stereocenters. The minimum Gasteiger partial charge on any atom is -0.492 e. The maximum absolute atomic E-state index is 9.42. The van der Waals surface area contributed by atoms with Crippen molar-refractivity contribution in [2.75, 3.05) is 37.7 Å². The highest BCUT2D eigenvalue weighted by Gasteiger charge is 2.15. The van der Waals surface area contributed by atoms with Crippen LogP contribution in [0.3, 0.4) is 0 Å². The lowest BCUT2D eigenvalue weighted by molar-refractivity contribution is 0.338. The molecule has 4 heterocycles. The van der Waals surface area contributed by atoms with Crippen molar-refractivity contribution in [2.45, 2.75) is 6.92 Å². The summed E-state index contributed by atoms with van der Waals surface area (Å²) in [5.74, 6) is 1.69. The minimum atomic E-state index is 0. The second kappa shape index (κ2) is 9.60. The second-order valence-electron chi connectivity index (χ2n) is 6.13. The lowest BCUT2D eigenvalue weighted by Gasteiger charge is -2.28. The molecule has 148 valence electrons. The number of nitrogens with zero attached hydrogens (tertiary/aromatic N) is 5. The zero-order chi connectivity index (χ0) is 17.9. The van der Waals surface area contributed by atoms with Gasteiger partial charge in [0.2, 0.25) is 0 Å². The van der Waals surface area contributed by atoms with Crippen molar-refractivity contribution >= 4 is 36.1 Å². The number of hydrogen-bond acceptors (Lipinski definition) is 6. The standard InChI is InChI=1S/C19H20N6O.2ClH/c1-2-26-16-9-17(19-15(10-20)12-23-25(19)13-16)14-3-4-18(22-11-14)24-7-5-21-6-8-24;;/h3-4,9,11-13,21H,2,5-8H2,1H3;2*1H. The molecule has 28 heavy (non-hydrogen) atoms. The summed E-state index contributed by atoms with van der Waals surface area (Å²) in [6.07, 6.45) is 5.24. The molecule has 0 saturated carbocycles. The average molecular weight is 421 g/mol. The van der Waals surface area contributed by atoms with E-state index in [1.807, 2.05) is 31.3 Å². The summed E-state index contributed by atoms with van der Waals surface area (Å²) in [4.78, 5) is 6.92. The molecule has 0 aromatic carbocycles. The topological polar surface area (TPSA) is 78.5 Å². The van der Waals surface area contributed by atoms with Crippen molar-refractivity contribution < 1.29 is 4.74 Å². The molecule has 1 saturated heterocycles. The fraction of sp³-hybridized carbons (Fsp3) is 0.316. The highest BCUT2D eigenvalue weighted by atomic mass is 35.5. The van der Waals surface area contributed by atoms with Gasteiger partial charge >= 0.3 is 0 Å². The molecule has 0 amide bonds. The van der Waals surface area contributed by atoms with Gasteiger partial charge in [-0.25, -0.2) is 9.50 Å². The molecule has 1 aliphatic heterocycles. The van der Waals surface area contributed by atoms with Crippen LogP contribution in [-0.2, 0) is 0 Å². The van der Waals surface area contributed by atoms with Crippen molar-refractivity contribution in [2.24, 2.45) is 0 Å². The van der Waals surface area contributed by atoms with Gasteiger partial charge in [-0.15, -0.1) is 24.8 Å². The Morgan fingerprint density at radius 1 is 1.21 bits per heavy atom. The molecule has 1 aliphatic rings. The Labute approximate surface area is 176 Å². The van der Waals surface area contributed by atoms with Gasteiger partial charge in [-0.05, 0) is 25.1 Å². The Balaban J connectivity index is 0.00000140. The maximum Gasteiger partial charge on any atom is 0.138 e. The van der Waals surface area contributed by atoms with Crippen molar-refractivity contribution in [1.29, 1.82) is 5.26 Å². The molecule has 1 fully saturated rings. The van der Waals surface area contributed by atoms with Crippen LogP contribution in [-0.4, -0.2) is 47.4 Å². The Morgan fingerprint density at radius 3 is 2.64 bits per heavy atom. The fourth-order valence-corrected chi connectivity index (χ4v) is 3.27. The first-order valence-electron chi connectivity index (χ1n) is 8.76. The second-order valence-corrected chi connectivity index (χ2v) is 6.13. The van der Waals surface area contributed by atoms with Gasteiger partial charge in [0.15, 0.2) is 0 Å². The first-order valence-corrected chi connectivity index (χ1v) is 8.76. The van der Waals surface area contributed by atoms with E-state index in [9.17, 15) is 5.26 Å². The monoisotopic (exact) mass is 420 g/mol. The van der Waals surface area contributed by atoms with E-state index >= 15 is 0 Å². The highest BCUT2D eigenvalue weighted by molar-refractivity contribution is 5.86. The Bertz CT molecular complexity index is 961. The van der Waals surface area contributed by atoms with E-state index in [0.717, 1.165) is 48.6 Å². The first-order chi connectivity index (χ1) is 12.8. The Morgan fingerprint density at radius 2 is 2.00 bits per heavy atom. The van der Waals surface area contributed by atoms with Crippen LogP contribution >= 0.6 is 24.8 Å². The predicted molar refractivity (Wildman–Crippen MR) is 114 cm³/mol. The number of ether oxygens (including phenoxy) is 1. The van der Waals surface area contributed by atoms with Crippen LogP contribution in [0.2, 0.25) is 0 Å². The summed E-state index contributed by atoms with van der Waals surface area (Å²) < 4.78 is 7.36. The molecule has 9 heteroatoms. The van der Waals surface area contributed by atoms with E-state index in [1.165, 1.54) is 0 Å². The van der Waals surface area contributed by atoms with E-state index in [2.05, 4.69) is 26.4 Å². The van der Waals surface area contributed by atoms with Crippen LogP contribution in [0.4, 0.5) is 5.82 Å². The number of hydrogen-bond donors (Lipinski definition) is 1. The molecule has 3 aromatic heterocycles. The fourth-order valence-electron chi connectivity index (χ4n) is 3.27. The Kier molecular flexibility index (Phi) is 7.46. The molecule has 3 aromatic rings. The largest absolute Gasteiger partial charge is 0.492 e. The number of halogens is 2. The van der Waals surface area contributed by atoms with E-state index in [1.54, 1.807) is 16.9 Å². The molecule has 1 N–H and O–H groups in total. The van der Waals surface area contributed by atoms with E-state index < -0.39 is 0 Å². The molecule has 4 rings (SSSR count). The molecule has 0 bridgehead atoms. The minimum absolute atomic E-state index is 0. The van der Waals surface area contributed by atoms with Gasteiger partial charge in [0.25, 0.3) is 0 Å². The maximum atomic E-state index is 9.42. The number of rotatable bonds is 4. The van der Waals surface area contributed by atoms with Crippen LogP contribution in [0.5, 0.6) is 5.75 Å². The molecular formula is C19H22Cl2N6O. The van der Waals surface area contributed by atoms with Gasteiger partial charge < -0.3 is 15.0 Å². The number of anilines is 1. The third-order valence-electron chi connectivity index (χ3n) is 4.52. The quantitative estimate of drug-likeness (QED) is 0.698. The van der Waals surface area contributed by atoms with Crippen molar-refractivity contribution in [3.05, 3.63) is 42.4 Å².